The highest BCUT2D eigenvalue weighted by Crippen LogP contribution is 2.18. The summed E-state index contributed by atoms with van der Waals surface area (Å²) in [5.74, 6) is 0.382. The predicted octanol–water partition coefficient (Wildman–Crippen LogP) is 3.08. The first-order valence-electron chi connectivity index (χ1n) is 5.44. The number of carbonyl (C=O) groups is 2. The molecule has 0 saturated heterocycles. The molecule has 1 aromatic carbocycles. The number of hydrogen-bond donors (Lipinski definition) is 2. The zero-order valence-corrected chi connectivity index (χ0v) is 11.3. The third-order valence-electron chi connectivity index (χ3n) is 1.88. The minimum Gasteiger partial charge on any atom is -0.410 e. The fourth-order valence-corrected chi connectivity index (χ4v) is 1.40. The molecule has 0 fully saturated rings. The molecule has 0 aliphatic heterocycles. The van der Waals surface area contributed by atoms with Crippen molar-refractivity contribution in [3.8, 4) is 5.75 Å². The van der Waals surface area contributed by atoms with Crippen molar-refractivity contribution in [2.75, 3.05) is 11.6 Å². The van der Waals surface area contributed by atoms with E-state index in [4.69, 9.17) is 4.74 Å². The molecular formula is C12H16N2O3S. The van der Waals surface area contributed by atoms with E-state index >= 15 is 0 Å². The van der Waals surface area contributed by atoms with Crippen LogP contribution in [0.1, 0.15) is 13.8 Å². The molecule has 6 heteroatoms. The Morgan fingerprint density at radius 2 is 2.06 bits per heavy atom. The minimum absolute atomic E-state index is 0.0110. The fraction of sp³-hybridized carbons (Fsp3) is 0.333. The van der Waals surface area contributed by atoms with Crippen LogP contribution in [0.4, 0.5) is 15.3 Å². The summed E-state index contributed by atoms with van der Waals surface area (Å²) < 4.78 is 5.07. The van der Waals surface area contributed by atoms with Gasteiger partial charge in [0.2, 0.25) is 0 Å². The summed E-state index contributed by atoms with van der Waals surface area (Å²) >= 11 is 1.08. The summed E-state index contributed by atoms with van der Waals surface area (Å²) in [5.41, 5.74) is 0.587. The van der Waals surface area contributed by atoms with Crippen molar-refractivity contribution in [2.24, 2.45) is 0 Å². The second-order valence-electron chi connectivity index (χ2n) is 3.83. The van der Waals surface area contributed by atoms with E-state index in [2.05, 4.69) is 10.6 Å². The van der Waals surface area contributed by atoms with Gasteiger partial charge in [0, 0.05) is 17.8 Å². The van der Waals surface area contributed by atoms with E-state index in [0.717, 1.165) is 11.8 Å². The molecule has 0 spiro atoms. The molecule has 0 bridgehead atoms. The largest absolute Gasteiger partial charge is 0.412 e. The Hall–Kier alpha value is -1.69. The molecule has 0 aliphatic rings. The van der Waals surface area contributed by atoms with Crippen LogP contribution in [-0.4, -0.2) is 23.6 Å². The highest BCUT2D eigenvalue weighted by atomic mass is 32.2. The second kappa shape index (κ2) is 6.90. The smallest absolute Gasteiger partial charge is 0.410 e. The monoisotopic (exact) mass is 268 g/mol. The van der Waals surface area contributed by atoms with Crippen LogP contribution in [0.15, 0.2) is 24.3 Å². The van der Waals surface area contributed by atoms with Gasteiger partial charge < -0.3 is 15.4 Å². The molecule has 0 radical (unpaired) electrons. The summed E-state index contributed by atoms with van der Waals surface area (Å²) in [5, 5.41) is 5.10. The van der Waals surface area contributed by atoms with Crippen molar-refractivity contribution in [3.05, 3.63) is 24.3 Å². The van der Waals surface area contributed by atoms with Crippen LogP contribution in [0.3, 0.4) is 0 Å². The van der Waals surface area contributed by atoms with Crippen LogP contribution < -0.4 is 15.4 Å². The molecule has 0 aromatic heterocycles. The molecule has 2 N–H and O–H groups in total. The lowest BCUT2D eigenvalue weighted by atomic mass is 10.3. The molecule has 2 amide bonds. The maximum Gasteiger partial charge on any atom is 0.412 e. The van der Waals surface area contributed by atoms with Crippen LogP contribution in [0, 0.1) is 0 Å². The first-order valence-corrected chi connectivity index (χ1v) is 6.67. The van der Waals surface area contributed by atoms with Crippen LogP contribution >= 0.6 is 11.8 Å². The Balaban J connectivity index is 2.64. The molecule has 1 rings (SSSR count). The van der Waals surface area contributed by atoms with E-state index in [0.29, 0.717) is 11.4 Å². The maximum absolute atomic E-state index is 11.4. The average Bonchev–Trinajstić information content (AvgIpc) is 2.28. The number of thioether (sulfide) groups is 1. The first-order chi connectivity index (χ1) is 8.51. The van der Waals surface area contributed by atoms with Gasteiger partial charge in [0.05, 0.1) is 0 Å². The van der Waals surface area contributed by atoms with Gasteiger partial charge >= 0.3 is 6.09 Å². The summed E-state index contributed by atoms with van der Waals surface area (Å²) in [7, 11) is 0. The van der Waals surface area contributed by atoms with Gasteiger partial charge in [-0.05, 0) is 32.2 Å². The highest BCUT2D eigenvalue weighted by Gasteiger charge is 2.07. The Morgan fingerprint density at radius 1 is 1.33 bits per heavy atom. The van der Waals surface area contributed by atoms with Crippen molar-refractivity contribution in [1.82, 2.24) is 5.32 Å². The zero-order chi connectivity index (χ0) is 13.5. The Morgan fingerprint density at radius 3 is 2.67 bits per heavy atom. The Labute approximate surface area is 110 Å². The third kappa shape index (κ3) is 5.09. The van der Waals surface area contributed by atoms with Crippen LogP contribution in [0.25, 0.3) is 0 Å². The van der Waals surface area contributed by atoms with Gasteiger partial charge in [-0.25, -0.2) is 4.79 Å². The maximum atomic E-state index is 11.4. The highest BCUT2D eigenvalue weighted by molar-refractivity contribution is 8.13. The summed E-state index contributed by atoms with van der Waals surface area (Å²) in [6.07, 6.45) is 1.17. The SMILES string of the molecule is CSC(=O)Nc1cccc(OC(=O)NC(C)C)c1. The van der Waals surface area contributed by atoms with E-state index < -0.39 is 6.09 Å². The van der Waals surface area contributed by atoms with E-state index in [1.54, 1.807) is 30.5 Å². The van der Waals surface area contributed by atoms with Gasteiger partial charge in [0.1, 0.15) is 5.75 Å². The van der Waals surface area contributed by atoms with Crippen molar-refractivity contribution in [1.29, 1.82) is 0 Å². The minimum atomic E-state index is -0.515. The average molecular weight is 268 g/mol. The van der Waals surface area contributed by atoms with E-state index in [9.17, 15) is 9.59 Å². The normalized spacial score (nSPS) is 10.0. The number of anilines is 1. The van der Waals surface area contributed by atoms with Gasteiger partial charge in [-0.2, -0.15) is 0 Å². The molecule has 0 unspecified atom stereocenters. The number of amides is 2. The van der Waals surface area contributed by atoms with E-state index in [1.165, 1.54) is 0 Å². The molecule has 5 nitrogen and oxygen atoms in total. The van der Waals surface area contributed by atoms with Gasteiger partial charge in [-0.3, -0.25) is 4.79 Å². The zero-order valence-electron chi connectivity index (χ0n) is 10.5. The number of hydrogen-bond acceptors (Lipinski definition) is 4. The summed E-state index contributed by atoms with van der Waals surface area (Å²) in [6, 6.07) is 6.68. The summed E-state index contributed by atoms with van der Waals surface area (Å²) in [6.45, 7) is 3.69. The molecule has 1 aromatic rings. The van der Waals surface area contributed by atoms with E-state index in [1.807, 2.05) is 13.8 Å². The molecule has 18 heavy (non-hydrogen) atoms. The molecule has 0 aliphatic carbocycles. The number of carbonyl (C=O) groups excluding carboxylic acids is 2. The quantitative estimate of drug-likeness (QED) is 0.884. The van der Waals surface area contributed by atoms with Gasteiger partial charge in [-0.15, -0.1) is 0 Å². The fourth-order valence-electron chi connectivity index (χ4n) is 1.18. The topological polar surface area (TPSA) is 67.4 Å². The number of rotatable bonds is 3. The van der Waals surface area contributed by atoms with Crippen LogP contribution in [0.2, 0.25) is 0 Å². The Kier molecular flexibility index (Phi) is 5.51. The van der Waals surface area contributed by atoms with E-state index in [-0.39, 0.29) is 11.3 Å². The first kappa shape index (κ1) is 14.4. The molecular weight excluding hydrogens is 252 g/mol. The summed E-state index contributed by atoms with van der Waals surface area (Å²) in [4.78, 5) is 22.6. The lowest BCUT2D eigenvalue weighted by Gasteiger charge is -2.10. The number of ether oxygens (including phenoxy) is 1. The standard InChI is InChI=1S/C12H16N2O3S/c1-8(2)13-11(15)17-10-6-4-5-9(7-10)14-12(16)18-3/h4-8H,1-3H3,(H,13,15)(H,14,16). The Bertz CT molecular complexity index is 435. The van der Waals surface area contributed by atoms with Crippen molar-refractivity contribution in [2.45, 2.75) is 19.9 Å². The molecule has 98 valence electrons. The molecule has 0 saturated carbocycles. The van der Waals surface area contributed by atoms with Crippen molar-refractivity contribution >= 4 is 28.8 Å². The van der Waals surface area contributed by atoms with Crippen LogP contribution in [0.5, 0.6) is 5.75 Å². The molecule has 0 atom stereocenters. The molecule has 0 heterocycles. The van der Waals surface area contributed by atoms with Crippen LogP contribution in [-0.2, 0) is 0 Å². The van der Waals surface area contributed by atoms with Crippen molar-refractivity contribution in [3.63, 3.8) is 0 Å². The third-order valence-corrected chi connectivity index (χ3v) is 2.36. The number of benzene rings is 1. The predicted molar refractivity (Wildman–Crippen MR) is 73.3 cm³/mol. The van der Waals surface area contributed by atoms with Gasteiger partial charge in [-0.1, -0.05) is 17.8 Å². The lowest BCUT2D eigenvalue weighted by Crippen LogP contribution is -2.32. The van der Waals surface area contributed by atoms with Gasteiger partial charge in [0.15, 0.2) is 0 Å². The van der Waals surface area contributed by atoms with Gasteiger partial charge in [0.25, 0.3) is 5.24 Å². The number of nitrogens with one attached hydrogen (secondary N) is 2. The second-order valence-corrected chi connectivity index (χ2v) is 4.61. The lowest BCUT2D eigenvalue weighted by molar-refractivity contribution is 0.198. The van der Waals surface area contributed by atoms with Crippen molar-refractivity contribution < 1.29 is 14.3 Å².